The fourth-order valence-corrected chi connectivity index (χ4v) is 1.34. The van der Waals surface area contributed by atoms with E-state index in [9.17, 15) is 5.11 Å². The van der Waals surface area contributed by atoms with E-state index in [4.69, 9.17) is 4.74 Å². The molecule has 0 aliphatic heterocycles. The molecule has 2 N–H and O–H groups in total. The maximum absolute atomic E-state index is 9.41. The topological polar surface area (TPSA) is 54.4 Å². The van der Waals surface area contributed by atoms with Crippen LogP contribution in [0.5, 0.6) is 0 Å². The molecule has 1 aromatic rings. The largest absolute Gasteiger partial charge is 0.389 e. The van der Waals surface area contributed by atoms with Gasteiger partial charge in [-0.05, 0) is 35.0 Å². The van der Waals surface area contributed by atoms with Gasteiger partial charge in [-0.25, -0.2) is 4.98 Å². The van der Waals surface area contributed by atoms with Gasteiger partial charge in [-0.2, -0.15) is 0 Å². The molecule has 1 atom stereocenters. The van der Waals surface area contributed by atoms with Gasteiger partial charge in [-0.15, -0.1) is 0 Å². The summed E-state index contributed by atoms with van der Waals surface area (Å²) in [5.74, 6) is 0.755. The van der Waals surface area contributed by atoms with Crippen LogP contribution in [0.4, 0.5) is 5.82 Å². The van der Waals surface area contributed by atoms with Crippen LogP contribution in [-0.4, -0.2) is 36.5 Å². The number of aliphatic hydroxyl groups is 1. The van der Waals surface area contributed by atoms with E-state index in [-0.39, 0.29) is 0 Å². The SMILES string of the molecule is COCC(O)CNc1ccc(Br)c(C)n1. The Kier molecular flexibility index (Phi) is 5.01. The van der Waals surface area contributed by atoms with E-state index in [0.717, 1.165) is 16.0 Å². The molecule has 0 radical (unpaired) electrons. The molecule has 0 saturated carbocycles. The quantitative estimate of drug-likeness (QED) is 0.856. The maximum atomic E-state index is 9.41. The first-order valence-corrected chi connectivity index (χ1v) is 5.47. The van der Waals surface area contributed by atoms with Gasteiger partial charge in [0.05, 0.1) is 18.4 Å². The highest BCUT2D eigenvalue weighted by molar-refractivity contribution is 9.10. The number of rotatable bonds is 5. The number of aromatic nitrogens is 1. The Balaban J connectivity index is 2.47. The van der Waals surface area contributed by atoms with Crippen LogP contribution in [0.2, 0.25) is 0 Å². The van der Waals surface area contributed by atoms with Crippen molar-refractivity contribution >= 4 is 21.7 Å². The van der Waals surface area contributed by atoms with Crippen LogP contribution in [0.15, 0.2) is 16.6 Å². The zero-order valence-electron chi connectivity index (χ0n) is 8.83. The molecule has 0 aliphatic rings. The van der Waals surface area contributed by atoms with E-state index < -0.39 is 6.10 Å². The van der Waals surface area contributed by atoms with E-state index in [1.807, 2.05) is 19.1 Å². The van der Waals surface area contributed by atoms with Gasteiger partial charge in [0.1, 0.15) is 5.82 Å². The number of pyridine rings is 1. The number of ether oxygens (including phenoxy) is 1. The highest BCUT2D eigenvalue weighted by atomic mass is 79.9. The van der Waals surface area contributed by atoms with Crippen molar-refractivity contribution < 1.29 is 9.84 Å². The third-order valence-corrected chi connectivity index (χ3v) is 2.74. The number of aliphatic hydroxyl groups excluding tert-OH is 1. The zero-order chi connectivity index (χ0) is 11.3. The lowest BCUT2D eigenvalue weighted by Gasteiger charge is -2.11. The van der Waals surface area contributed by atoms with E-state index >= 15 is 0 Å². The molecule has 0 amide bonds. The molecular weight excluding hydrogens is 260 g/mol. The number of halogens is 1. The molecule has 0 aromatic carbocycles. The number of hydrogen-bond acceptors (Lipinski definition) is 4. The van der Waals surface area contributed by atoms with Crippen LogP contribution in [0.25, 0.3) is 0 Å². The lowest BCUT2D eigenvalue weighted by Crippen LogP contribution is -2.24. The van der Waals surface area contributed by atoms with Gasteiger partial charge < -0.3 is 15.2 Å². The Bertz CT molecular complexity index is 320. The van der Waals surface area contributed by atoms with E-state index in [1.165, 1.54) is 0 Å². The van der Waals surface area contributed by atoms with E-state index in [1.54, 1.807) is 7.11 Å². The maximum Gasteiger partial charge on any atom is 0.126 e. The van der Waals surface area contributed by atoms with Gasteiger partial charge in [0.25, 0.3) is 0 Å². The lowest BCUT2D eigenvalue weighted by atomic mass is 10.3. The molecule has 1 rings (SSSR count). The van der Waals surface area contributed by atoms with Gasteiger partial charge in [0.15, 0.2) is 0 Å². The number of anilines is 1. The minimum Gasteiger partial charge on any atom is -0.389 e. The number of methoxy groups -OCH3 is 1. The minimum atomic E-state index is -0.513. The summed E-state index contributed by atoms with van der Waals surface area (Å²) in [4.78, 5) is 4.29. The van der Waals surface area contributed by atoms with Crippen molar-refractivity contribution in [2.75, 3.05) is 25.6 Å². The summed E-state index contributed by atoms with van der Waals surface area (Å²) < 4.78 is 5.79. The van der Waals surface area contributed by atoms with Crippen LogP contribution >= 0.6 is 15.9 Å². The van der Waals surface area contributed by atoms with Gasteiger partial charge >= 0.3 is 0 Å². The highest BCUT2D eigenvalue weighted by Crippen LogP contribution is 2.15. The molecular formula is C10H15BrN2O2. The Hall–Kier alpha value is -0.650. The first-order valence-electron chi connectivity index (χ1n) is 4.67. The standard InChI is InChI=1S/C10H15BrN2O2/c1-7-9(11)3-4-10(13-7)12-5-8(14)6-15-2/h3-4,8,14H,5-6H2,1-2H3,(H,12,13). The highest BCUT2D eigenvalue weighted by Gasteiger charge is 2.04. The molecule has 1 aromatic heterocycles. The van der Waals surface area contributed by atoms with Crippen molar-refractivity contribution in [1.29, 1.82) is 0 Å². The Morgan fingerprint density at radius 3 is 2.93 bits per heavy atom. The molecule has 1 heterocycles. The Morgan fingerprint density at radius 1 is 1.60 bits per heavy atom. The van der Waals surface area contributed by atoms with E-state index in [2.05, 4.69) is 26.2 Å². The molecule has 4 nitrogen and oxygen atoms in total. The summed E-state index contributed by atoms with van der Waals surface area (Å²) in [5.41, 5.74) is 0.918. The number of hydrogen-bond donors (Lipinski definition) is 2. The summed E-state index contributed by atoms with van der Waals surface area (Å²) in [7, 11) is 1.56. The molecule has 15 heavy (non-hydrogen) atoms. The van der Waals surface area contributed by atoms with Gasteiger partial charge in [-0.1, -0.05) is 0 Å². The predicted octanol–water partition coefficient (Wildman–Crippen LogP) is 1.57. The molecule has 5 heteroatoms. The monoisotopic (exact) mass is 274 g/mol. The lowest BCUT2D eigenvalue weighted by molar-refractivity contribution is 0.0727. The molecule has 0 spiro atoms. The van der Waals surface area contributed by atoms with Crippen LogP contribution in [0.1, 0.15) is 5.69 Å². The van der Waals surface area contributed by atoms with Gasteiger partial charge in [0, 0.05) is 18.1 Å². The van der Waals surface area contributed by atoms with Gasteiger partial charge in [-0.3, -0.25) is 0 Å². The Labute approximate surface area is 97.8 Å². The summed E-state index contributed by atoms with van der Waals surface area (Å²) in [5, 5.41) is 12.4. The summed E-state index contributed by atoms with van der Waals surface area (Å²) in [6, 6.07) is 3.78. The summed E-state index contributed by atoms with van der Waals surface area (Å²) in [6.07, 6.45) is -0.513. The van der Waals surface area contributed by atoms with Crippen LogP contribution in [-0.2, 0) is 4.74 Å². The van der Waals surface area contributed by atoms with Crippen LogP contribution in [0.3, 0.4) is 0 Å². The molecule has 84 valence electrons. The molecule has 0 bridgehead atoms. The summed E-state index contributed by atoms with van der Waals surface area (Å²) in [6.45, 7) is 2.67. The summed E-state index contributed by atoms with van der Waals surface area (Å²) >= 11 is 3.37. The van der Waals surface area contributed by atoms with Crippen molar-refractivity contribution in [2.45, 2.75) is 13.0 Å². The smallest absolute Gasteiger partial charge is 0.126 e. The second-order valence-electron chi connectivity index (χ2n) is 3.25. The third kappa shape index (κ3) is 4.15. The normalized spacial score (nSPS) is 12.5. The molecule has 0 saturated heterocycles. The van der Waals surface area contributed by atoms with Crippen molar-refractivity contribution in [3.63, 3.8) is 0 Å². The zero-order valence-corrected chi connectivity index (χ0v) is 10.4. The number of nitrogens with zero attached hydrogens (tertiary/aromatic N) is 1. The van der Waals surface area contributed by atoms with Crippen molar-refractivity contribution in [1.82, 2.24) is 4.98 Å². The number of nitrogens with one attached hydrogen (secondary N) is 1. The number of aryl methyl sites for hydroxylation is 1. The molecule has 0 fully saturated rings. The Morgan fingerprint density at radius 2 is 2.33 bits per heavy atom. The van der Waals surface area contributed by atoms with Crippen LogP contribution < -0.4 is 5.32 Å². The minimum absolute atomic E-state index is 0.322. The second kappa shape index (κ2) is 6.05. The second-order valence-corrected chi connectivity index (χ2v) is 4.11. The predicted molar refractivity (Wildman–Crippen MR) is 63.0 cm³/mol. The van der Waals surface area contributed by atoms with Crippen molar-refractivity contribution in [2.24, 2.45) is 0 Å². The van der Waals surface area contributed by atoms with Crippen LogP contribution in [0, 0.1) is 6.92 Å². The van der Waals surface area contributed by atoms with Crippen molar-refractivity contribution in [3.8, 4) is 0 Å². The van der Waals surface area contributed by atoms with Crippen molar-refractivity contribution in [3.05, 3.63) is 22.3 Å². The fourth-order valence-electron chi connectivity index (χ4n) is 1.12. The molecule has 0 aliphatic carbocycles. The average Bonchev–Trinajstić information content (AvgIpc) is 2.20. The average molecular weight is 275 g/mol. The van der Waals surface area contributed by atoms with Gasteiger partial charge in [0.2, 0.25) is 0 Å². The fraction of sp³-hybridized carbons (Fsp3) is 0.500. The third-order valence-electron chi connectivity index (χ3n) is 1.90. The first kappa shape index (κ1) is 12.4. The molecule has 1 unspecified atom stereocenters. The first-order chi connectivity index (χ1) is 7.13. The van der Waals surface area contributed by atoms with E-state index in [0.29, 0.717) is 13.2 Å².